The highest BCUT2D eigenvalue weighted by molar-refractivity contribution is 5.78. The molecule has 0 aliphatic rings. The van der Waals surface area contributed by atoms with Crippen LogP contribution in [0, 0.1) is 5.92 Å². The monoisotopic (exact) mass is 233 g/mol. The zero-order valence-electron chi connectivity index (χ0n) is 10.1. The maximum absolute atomic E-state index is 11.3. The summed E-state index contributed by atoms with van der Waals surface area (Å²) in [5, 5.41) is 9.27. The second kappa shape index (κ2) is 4.16. The number of aliphatic carboxylic acids is 1. The summed E-state index contributed by atoms with van der Waals surface area (Å²) in [4.78, 5) is 19.8. The number of carboxylic acids is 1. The molecule has 2 aromatic heterocycles. The van der Waals surface area contributed by atoms with Crippen LogP contribution in [0.3, 0.4) is 0 Å². The lowest BCUT2D eigenvalue weighted by Gasteiger charge is -2.15. The number of fused-ring (bicyclic) bond motifs is 1. The van der Waals surface area contributed by atoms with Gasteiger partial charge in [-0.3, -0.25) is 4.79 Å². The van der Waals surface area contributed by atoms with Crippen molar-refractivity contribution >= 4 is 17.1 Å². The van der Waals surface area contributed by atoms with E-state index in [4.69, 9.17) is 0 Å². The second-order valence-electron chi connectivity index (χ2n) is 4.44. The van der Waals surface area contributed by atoms with Gasteiger partial charge < -0.3 is 9.67 Å². The van der Waals surface area contributed by atoms with Crippen LogP contribution in [0.2, 0.25) is 0 Å². The Morgan fingerprint density at radius 3 is 2.71 bits per heavy atom. The van der Waals surface area contributed by atoms with E-state index in [0.717, 1.165) is 5.52 Å². The summed E-state index contributed by atoms with van der Waals surface area (Å²) in [6.07, 6.45) is 1.66. The highest BCUT2D eigenvalue weighted by Gasteiger charge is 2.28. The number of hydrogen-bond acceptors (Lipinski definition) is 3. The van der Waals surface area contributed by atoms with E-state index < -0.39 is 11.9 Å². The number of carboxylic acid groups (broad SMARTS) is 1. The van der Waals surface area contributed by atoms with Gasteiger partial charge in [0.05, 0.1) is 5.52 Å². The molecule has 1 atom stereocenters. The maximum Gasteiger partial charge on any atom is 0.314 e. The van der Waals surface area contributed by atoms with Crippen molar-refractivity contribution in [1.82, 2.24) is 14.5 Å². The molecule has 90 valence electrons. The van der Waals surface area contributed by atoms with E-state index >= 15 is 0 Å². The minimum Gasteiger partial charge on any atom is -0.481 e. The average Bonchev–Trinajstić information content (AvgIpc) is 2.56. The van der Waals surface area contributed by atoms with Crippen LogP contribution in [0.15, 0.2) is 18.3 Å². The summed E-state index contributed by atoms with van der Waals surface area (Å²) >= 11 is 0. The summed E-state index contributed by atoms with van der Waals surface area (Å²) < 4.78 is 1.81. The molecule has 0 bridgehead atoms. The Morgan fingerprint density at radius 1 is 1.47 bits per heavy atom. The van der Waals surface area contributed by atoms with Crippen molar-refractivity contribution in [3.05, 3.63) is 24.2 Å². The summed E-state index contributed by atoms with van der Waals surface area (Å²) in [6, 6.07) is 3.71. The first-order valence-electron chi connectivity index (χ1n) is 5.52. The number of imidazole rings is 1. The van der Waals surface area contributed by atoms with Gasteiger partial charge in [-0.15, -0.1) is 0 Å². The first kappa shape index (κ1) is 11.6. The topological polar surface area (TPSA) is 68.0 Å². The predicted molar refractivity (Wildman–Crippen MR) is 63.7 cm³/mol. The van der Waals surface area contributed by atoms with E-state index in [-0.39, 0.29) is 5.92 Å². The van der Waals surface area contributed by atoms with Gasteiger partial charge in [-0.25, -0.2) is 9.97 Å². The van der Waals surface area contributed by atoms with Gasteiger partial charge in [-0.05, 0) is 18.1 Å². The molecule has 17 heavy (non-hydrogen) atoms. The fraction of sp³-hybridized carbons (Fsp3) is 0.417. The second-order valence-corrected chi connectivity index (χ2v) is 4.44. The van der Waals surface area contributed by atoms with E-state index in [1.165, 1.54) is 0 Å². The third kappa shape index (κ3) is 1.88. The molecular weight excluding hydrogens is 218 g/mol. The number of carbonyl (C=O) groups is 1. The lowest BCUT2D eigenvalue weighted by Crippen LogP contribution is -2.21. The van der Waals surface area contributed by atoms with E-state index in [2.05, 4.69) is 9.97 Å². The van der Waals surface area contributed by atoms with Crippen LogP contribution in [-0.4, -0.2) is 25.6 Å². The molecule has 5 heteroatoms. The van der Waals surface area contributed by atoms with Crippen molar-refractivity contribution in [2.24, 2.45) is 13.0 Å². The Bertz CT molecular complexity index is 560. The number of aromatic nitrogens is 3. The molecule has 0 aliphatic carbocycles. The molecule has 0 amide bonds. The van der Waals surface area contributed by atoms with Gasteiger partial charge in [-0.2, -0.15) is 0 Å². The summed E-state index contributed by atoms with van der Waals surface area (Å²) in [6.45, 7) is 3.76. The highest BCUT2D eigenvalue weighted by Crippen LogP contribution is 2.26. The van der Waals surface area contributed by atoms with Crippen LogP contribution in [0.25, 0.3) is 11.2 Å². The number of nitrogens with zero attached hydrogens (tertiary/aromatic N) is 3. The molecular formula is C12H15N3O2. The zero-order chi connectivity index (χ0) is 12.6. The number of pyridine rings is 1. The minimum absolute atomic E-state index is 0.0111. The van der Waals surface area contributed by atoms with Crippen molar-refractivity contribution in [3.63, 3.8) is 0 Å². The minimum atomic E-state index is -0.849. The average molecular weight is 233 g/mol. The Morgan fingerprint density at radius 2 is 2.18 bits per heavy atom. The molecule has 0 saturated carbocycles. The van der Waals surface area contributed by atoms with Gasteiger partial charge in [0.2, 0.25) is 0 Å². The Kier molecular flexibility index (Phi) is 2.83. The van der Waals surface area contributed by atoms with Gasteiger partial charge in [0.15, 0.2) is 5.65 Å². The maximum atomic E-state index is 11.3. The molecule has 5 nitrogen and oxygen atoms in total. The first-order chi connectivity index (χ1) is 8.02. The van der Waals surface area contributed by atoms with Crippen LogP contribution in [0.1, 0.15) is 25.6 Å². The summed E-state index contributed by atoms with van der Waals surface area (Å²) in [5.41, 5.74) is 1.45. The summed E-state index contributed by atoms with van der Waals surface area (Å²) in [5.74, 6) is -0.906. The Labute approximate surface area is 99.1 Å². The van der Waals surface area contributed by atoms with Gasteiger partial charge in [0.1, 0.15) is 11.7 Å². The van der Waals surface area contributed by atoms with Crippen molar-refractivity contribution in [2.45, 2.75) is 19.8 Å². The van der Waals surface area contributed by atoms with Crippen molar-refractivity contribution in [1.29, 1.82) is 0 Å². The van der Waals surface area contributed by atoms with Gasteiger partial charge in [0, 0.05) is 13.2 Å². The number of aryl methyl sites for hydroxylation is 1. The largest absolute Gasteiger partial charge is 0.481 e. The standard InChI is InChI=1S/C12H15N3O2/c1-7(2)9(12(16)17)11-14-10-8(15(11)3)5-4-6-13-10/h4-7,9H,1-3H3,(H,16,17). The molecule has 0 aromatic carbocycles. The Hall–Kier alpha value is -1.91. The van der Waals surface area contributed by atoms with Crippen molar-refractivity contribution in [2.75, 3.05) is 0 Å². The third-order valence-corrected chi connectivity index (χ3v) is 2.90. The fourth-order valence-electron chi connectivity index (χ4n) is 2.02. The molecule has 2 aromatic rings. The van der Waals surface area contributed by atoms with Crippen molar-refractivity contribution in [3.8, 4) is 0 Å². The quantitative estimate of drug-likeness (QED) is 0.877. The normalized spacial score (nSPS) is 13.2. The third-order valence-electron chi connectivity index (χ3n) is 2.90. The zero-order valence-corrected chi connectivity index (χ0v) is 10.1. The van der Waals surface area contributed by atoms with Gasteiger partial charge in [0.25, 0.3) is 0 Å². The van der Waals surface area contributed by atoms with Gasteiger partial charge in [-0.1, -0.05) is 13.8 Å². The van der Waals surface area contributed by atoms with Crippen LogP contribution in [0.4, 0.5) is 0 Å². The molecule has 0 aliphatic heterocycles. The van der Waals surface area contributed by atoms with E-state index in [0.29, 0.717) is 11.5 Å². The van der Waals surface area contributed by atoms with Crippen LogP contribution in [-0.2, 0) is 11.8 Å². The number of hydrogen-bond donors (Lipinski definition) is 1. The fourth-order valence-corrected chi connectivity index (χ4v) is 2.02. The first-order valence-corrected chi connectivity index (χ1v) is 5.52. The van der Waals surface area contributed by atoms with Gasteiger partial charge >= 0.3 is 5.97 Å². The lowest BCUT2D eigenvalue weighted by molar-refractivity contribution is -0.140. The molecule has 1 unspecified atom stereocenters. The van der Waals surface area contributed by atoms with Crippen LogP contribution in [0.5, 0.6) is 0 Å². The summed E-state index contributed by atoms with van der Waals surface area (Å²) in [7, 11) is 1.82. The molecule has 1 N–H and O–H groups in total. The molecule has 2 heterocycles. The van der Waals surface area contributed by atoms with Crippen molar-refractivity contribution < 1.29 is 9.90 Å². The highest BCUT2D eigenvalue weighted by atomic mass is 16.4. The molecule has 2 rings (SSSR count). The number of rotatable bonds is 3. The smallest absolute Gasteiger partial charge is 0.314 e. The molecule has 0 saturated heterocycles. The van der Waals surface area contributed by atoms with Crippen LogP contribution < -0.4 is 0 Å². The van der Waals surface area contributed by atoms with E-state index in [9.17, 15) is 9.90 Å². The van der Waals surface area contributed by atoms with E-state index in [1.54, 1.807) is 10.8 Å². The molecule has 0 radical (unpaired) electrons. The predicted octanol–water partition coefficient (Wildman–Crippen LogP) is 1.79. The SMILES string of the molecule is CC(C)C(C(=O)O)c1nc2ncccc2n1C. The van der Waals surface area contributed by atoms with E-state index in [1.807, 2.05) is 33.0 Å². The Balaban J connectivity index is 2.61. The molecule has 0 fully saturated rings. The molecule has 0 spiro atoms. The lowest BCUT2D eigenvalue weighted by atomic mass is 9.95. The van der Waals surface area contributed by atoms with Crippen LogP contribution >= 0.6 is 0 Å².